The van der Waals surface area contributed by atoms with Gasteiger partial charge in [-0.2, -0.15) is 18.3 Å². The molecule has 0 spiro atoms. The molecule has 0 aliphatic carbocycles. The maximum absolute atomic E-state index is 12.2. The fourth-order valence-corrected chi connectivity index (χ4v) is 1.73. The van der Waals surface area contributed by atoms with Gasteiger partial charge in [0.25, 0.3) is 0 Å². The lowest BCUT2D eigenvalue weighted by Gasteiger charge is -2.10. The Kier molecular flexibility index (Phi) is 4.54. The maximum atomic E-state index is 12.2. The molecule has 0 atom stereocenters. The fourth-order valence-electron chi connectivity index (χ4n) is 1.73. The normalized spacial score (nSPS) is 11.1. The Hall–Kier alpha value is -2.71. The molecule has 9 heteroatoms. The number of hydrogen-bond donors (Lipinski definition) is 2. The molecule has 0 saturated carbocycles. The van der Waals surface area contributed by atoms with Gasteiger partial charge < -0.3 is 15.4 Å². The van der Waals surface area contributed by atoms with Crippen molar-refractivity contribution in [3.63, 3.8) is 0 Å². The number of rotatable bonds is 4. The largest absolute Gasteiger partial charge is 0.495 e. The minimum absolute atomic E-state index is 0.150. The predicted octanol–water partition coefficient (Wildman–Crippen LogP) is 3.10. The Bertz CT molecular complexity index is 655. The number of ether oxygens (including phenoxy) is 1. The summed E-state index contributed by atoms with van der Waals surface area (Å²) in [4.78, 5) is 11.8. The summed E-state index contributed by atoms with van der Waals surface area (Å²) in [5.41, 5.74) is 0.585. The zero-order valence-corrected chi connectivity index (χ0v) is 11.5. The van der Waals surface area contributed by atoms with Gasteiger partial charge in [0.2, 0.25) is 0 Å². The molecule has 2 amide bonds. The highest BCUT2D eigenvalue weighted by molar-refractivity contribution is 6.00. The first kappa shape index (κ1) is 15.7. The molecule has 22 heavy (non-hydrogen) atoms. The van der Waals surface area contributed by atoms with E-state index in [1.165, 1.54) is 7.11 Å². The summed E-state index contributed by atoms with van der Waals surface area (Å²) in [6, 6.07) is 6.13. The number of para-hydroxylation sites is 2. The Balaban J connectivity index is 1.98. The Labute approximate surface area is 123 Å². The molecule has 2 rings (SSSR count). The van der Waals surface area contributed by atoms with Gasteiger partial charge in [0.05, 0.1) is 24.7 Å². The number of carbonyl (C=O) groups excluding carboxylic acids is 1. The number of benzene rings is 1. The molecule has 2 N–H and O–H groups in total. The Morgan fingerprint density at radius 3 is 2.73 bits per heavy atom. The number of alkyl halides is 3. The highest BCUT2D eigenvalue weighted by Crippen LogP contribution is 2.23. The molecule has 6 nitrogen and oxygen atoms in total. The number of nitrogens with one attached hydrogen (secondary N) is 2. The lowest BCUT2D eigenvalue weighted by Crippen LogP contribution is -2.20. The number of amides is 2. The molecule has 118 valence electrons. The first-order valence-corrected chi connectivity index (χ1v) is 6.17. The van der Waals surface area contributed by atoms with Crippen molar-refractivity contribution in [1.29, 1.82) is 0 Å². The second kappa shape index (κ2) is 6.37. The Morgan fingerprint density at radius 2 is 2.05 bits per heavy atom. The quantitative estimate of drug-likeness (QED) is 0.911. The maximum Gasteiger partial charge on any atom is 0.408 e. The van der Waals surface area contributed by atoms with Gasteiger partial charge in [-0.1, -0.05) is 12.1 Å². The molecule has 0 bridgehead atoms. The third kappa shape index (κ3) is 4.40. The number of aromatic nitrogens is 2. The van der Waals surface area contributed by atoms with Crippen molar-refractivity contribution in [2.24, 2.45) is 0 Å². The van der Waals surface area contributed by atoms with Crippen LogP contribution in [-0.2, 0) is 6.54 Å². The van der Waals surface area contributed by atoms with Crippen molar-refractivity contribution in [2.45, 2.75) is 12.7 Å². The van der Waals surface area contributed by atoms with Crippen LogP contribution in [-0.4, -0.2) is 29.1 Å². The summed E-state index contributed by atoms with van der Waals surface area (Å²) >= 11 is 0. The van der Waals surface area contributed by atoms with E-state index in [9.17, 15) is 18.0 Å². The fraction of sp³-hybridized carbons (Fsp3) is 0.231. The van der Waals surface area contributed by atoms with E-state index in [0.717, 1.165) is 12.4 Å². The molecule has 0 radical (unpaired) electrons. The van der Waals surface area contributed by atoms with Crippen LogP contribution in [0.25, 0.3) is 0 Å². The summed E-state index contributed by atoms with van der Waals surface area (Å²) in [6.45, 7) is -1.22. The second-order valence-electron chi connectivity index (χ2n) is 4.32. The minimum atomic E-state index is -4.37. The van der Waals surface area contributed by atoms with Gasteiger partial charge in [0.1, 0.15) is 12.3 Å². The third-order valence-electron chi connectivity index (χ3n) is 2.59. The van der Waals surface area contributed by atoms with Crippen LogP contribution in [0.3, 0.4) is 0 Å². The molecule has 0 aliphatic rings. The van der Waals surface area contributed by atoms with Crippen LogP contribution < -0.4 is 15.4 Å². The zero-order valence-electron chi connectivity index (χ0n) is 11.5. The van der Waals surface area contributed by atoms with Gasteiger partial charge in [-0.05, 0) is 12.1 Å². The number of methoxy groups -OCH3 is 1. The highest BCUT2D eigenvalue weighted by atomic mass is 19.4. The van der Waals surface area contributed by atoms with E-state index in [1.54, 1.807) is 24.3 Å². The van der Waals surface area contributed by atoms with Crippen LogP contribution in [0.4, 0.5) is 29.3 Å². The standard InChI is InChI=1S/C13H13F3N4O2/c1-22-11-5-3-2-4-10(11)19-12(21)18-9-6-17-20(7-9)8-13(14,15)16/h2-7H,8H2,1H3,(H2,18,19,21). The highest BCUT2D eigenvalue weighted by Gasteiger charge is 2.28. The zero-order chi connectivity index (χ0) is 16.2. The number of nitrogens with zero attached hydrogens (tertiary/aromatic N) is 2. The van der Waals surface area contributed by atoms with Gasteiger partial charge >= 0.3 is 12.2 Å². The number of carbonyl (C=O) groups is 1. The Morgan fingerprint density at radius 1 is 1.32 bits per heavy atom. The van der Waals surface area contributed by atoms with Crippen molar-refractivity contribution < 1.29 is 22.7 Å². The number of halogens is 3. The van der Waals surface area contributed by atoms with E-state index in [-0.39, 0.29) is 5.69 Å². The third-order valence-corrected chi connectivity index (χ3v) is 2.59. The average molecular weight is 314 g/mol. The summed E-state index contributed by atoms with van der Waals surface area (Å²) in [5, 5.41) is 8.45. The van der Waals surface area contributed by atoms with Crippen LogP contribution in [0.5, 0.6) is 5.75 Å². The molecule has 0 saturated heterocycles. The van der Waals surface area contributed by atoms with Crippen LogP contribution >= 0.6 is 0 Å². The lowest BCUT2D eigenvalue weighted by atomic mass is 10.3. The van der Waals surface area contributed by atoms with E-state index >= 15 is 0 Å². The van der Waals surface area contributed by atoms with E-state index in [2.05, 4.69) is 15.7 Å². The number of hydrogen-bond acceptors (Lipinski definition) is 3. The molecule has 0 aliphatic heterocycles. The van der Waals surface area contributed by atoms with Crippen LogP contribution in [0.15, 0.2) is 36.7 Å². The molecule has 1 aromatic heterocycles. The van der Waals surface area contributed by atoms with E-state index in [0.29, 0.717) is 16.1 Å². The van der Waals surface area contributed by atoms with Crippen LogP contribution in [0.1, 0.15) is 0 Å². The monoisotopic (exact) mass is 314 g/mol. The van der Waals surface area contributed by atoms with Crippen molar-refractivity contribution >= 4 is 17.4 Å². The second-order valence-corrected chi connectivity index (χ2v) is 4.32. The van der Waals surface area contributed by atoms with E-state index in [4.69, 9.17) is 4.74 Å². The topological polar surface area (TPSA) is 68.2 Å². The summed E-state index contributed by atoms with van der Waals surface area (Å²) < 4.78 is 42.4. The molecule has 1 heterocycles. The van der Waals surface area contributed by atoms with Gasteiger partial charge in [0, 0.05) is 6.20 Å². The van der Waals surface area contributed by atoms with Crippen molar-refractivity contribution in [1.82, 2.24) is 9.78 Å². The molecule has 0 fully saturated rings. The van der Waals surface area contributed by atoms with Gasteiger partial charge in [-0.15, -0.1) is 0 Å². The van der Waals surface area contributed by atoms with Crippen LogP contribution in [0.2, 0.25) is 0 Å². The molecular weight excluding hydrogens is 301 g/mol. The summed E-state index contributed by atoms with van der Waals surface area (Å²) in [5.74, 6) is 0.463. The van der Waals surface area contributed by atoms with E-state index in [1.807, 2.05) is 0 Å². The lowest BCUT2D eigenvalue weighted by molar-refractivity contribution is -0.142. The van der Waals surface area contributed by atoms with E-state index < -0.39 is 18.8 Å². The van der Waals surface area contributed by atoms with Gasteiger partial charge in [-0.3, -0.25) is 4.68 Å². The predicted molar refractivity (Wildman–Crippen MR) is 73.9 cm³/mol. The van der Waals surface area contributed by atoms with Crippen molar-refractivity contribution in [2.75, 3.05) is 17.7 Å². The minimum Gasteiger partial charge on any atom is -0.495 e. The van der Waals surface area contributed by atoms with Gasteiger partial charge in [-0.25, -0.2) is 4.79 Å². The first-order chi connectivity index (χ1) is 10.4. The molecule has 0 unspecified atom stereocenters. The number of urea groups is 1. The molecule has 2 aromatic rings. The summed E-state index contributed by atoms with van der Waals surface area (Å²) in [7, 11) is 1.46. The first-order valence-electron chi connectivity index (χ1n) is 6.17. The van der Waals surface area contributed by atoms with Crippen molar-refractivity contribution in [3.8, 4) is 5.75 Å². The van der Waals surface area contributed by atoms with Crippen LogP contribution in [0, 0.1) is 0 Å². The molecule has 1 aromatic carbocycles. The summed E-state index contributed by atoms with van der Waals surface area (Å²) in [6.07, 6.45) is -2.15. The SMILES string of the molecule is COc1ccccc1NC(=O)Nc1cnn(CC(F)(F)F)c1. The average Bonchev–Trinajstić information content (AvgIpc) is 2.84. The number of anilines is 2. The van der Waals surface area contributed by atoms with Gasteiger partial charge in [0.15, 0.2) is 0 Å². The molecular formula is C13H13F3N4O2. The smallest absolute Gasteiger partial charge is 0.408 e. The van der Waals surface area contributed by atoms with Crippen molar-refractivity contribution in [3.05, 3.63) is 36.7 Å².